The normalized spacial score (nSPS) is 14.8. The summed E-state index contributed by atoms with van der Waals surface area (Å²) in [4.78, 5) is 0. The van der Waals surface area contributed by atoms with Gasteiger partial charge in [0.2, 0.25) is 6.79 Å². The van der Waals surface area contributed by atoms with Crippen molar-refractivity contribution in [1.82, 2.24) is 5.32 Å². The van der Waals surface area contributed by atoms with Crippen molar-refractivity contribution < 1.29 is 9.47 Å². The molecule has 100 valence electrons. The van der Waals surface area contributed by atoms with Crippen LogP contribution in [0.3, 0.4) is 0 Å². The van der Waals surface area contributed by atoms with E-state index in [0.29, 0.717) is 12.8 Å². The van der Waals surface area contributed by atoms with E-state index in [1.54, 1.807) is 0 Å². The monoisotopic (exact) mass is 331 g/mol. The van der Waals surface area contributed by atoms with Crippen molar-refractivity contribution in [3.05, 3.63) is 22.2 Å². The Hall–Kier alpha value is -0.390. The molecule has 3 nitrogen and oxygen atoms in total. The average molecular weight is 332 g/mol. The molecule has 1 heterocycles. The van der Waals surface area contributed by atoms with Crippen LogP contribution in [0.4, 0.5) is 0 Å². The van der Waals surface area contributed by atoms with Crippen molar-refractivity contribution in [2.75, 3.05) is 18.8 Å². The Bertz CT molecular complexity index is 414. The van der Waals surface area contributed by atoms with Gasteiger partial charge in [0.15, 0.2) is 11.5 Å². The van der Waals surface area contributed by atoms with Gasteiger partial charge < -0.3 is 14.8 Å². The third-order valence-corrected chi connectivity index (χ3v) is 4.13. The SMILES string of the molecule is CSCCC(C)NCc1cc(Br)c2c(c1)OCO2. The first kappa shape index (κ1) is 14.0. The number of hydrogen-bond acceptors (Lipinski definition) is 4. The minimum absolute atomic E-state index is 0.314. The minimum Gasteiger partial charge on any atom is -0.454 e. The van der Waals surface area contributed by atoms with Crippen LogP contribution in [0, 0.1) is 0 Å². The van der Waals surface area contributed by atoms with Crippen LogP contribution in [-0.4, -0.2) is 24.8 Å². The van der Waals surface area contributed by atoms with Crippen LogP contribution in [0.5, 0.6) is 11.5 Å². The number of thioether (sulfide) groups is 1. The molecule has 18 heavy (non-hydrogen) atoms. The van der Waals surface area contributed by atoms with Crippen molar-refractivity contribution >= 4 is 27.7 Å². The van der Waals surface area contributed by atoms with E-state index in [0.717, 1.165) is 22.5 Å². The van der Waals surface area contributed by atoms with Crippen LogP contribution in [0.15, 0.2) is 16.6 Å². The standard InChI is InChI=1S/C13H18BrNO2S/c1-9(3-4-18-2)15-7-10-5-11(14)13-12(6-10)16-8-17-13/h5-6,9,15H,3-4,7-8H2,1-2H3. The maximum Gasteiger partial charge on any atom is 0.231 e. The van der Waals surface area contributed by atoms with Gasteiger partial charge in [-0.1, -0.05) is 0 Å². The quantitative estimate of drug-likeness (QED) is 0.865. The Labute approximate surface area is 121 Å². The van der Waals surface area contributed by atoms with E-state index < -0.39 is 0 Å². The second-order valence-corrected chi connectivity index (χ2v) is 6.21. The Morgan fingerprint density at radius 2 is 2.28 bits per heavy atom. The highest BCUT2D eigenvalue weighted by atomic mass is 79.9. The fourth-order valence-corrected chi connectivity index (χ4v) is 3.00. The highest BCUT2D eigenvalue weighted by Gasteiger charge is 2.17. The van der Waals surface area contributed by atoms with Crippen LogP contribution >= 0.6 is 27.7 Å². The maximum atomic E-state index is 5.41. The summed E-state index contributed by atoms with van der Waals surface area (Å²) in [5.74, 6) is 2.84. The highest BCUT2D eigenvalue weighted by molar-refractivity contribution is 9.10. The van der Waals surface area contributed by atoms with E-state index >= 15 is 0 Å². The van der Waals surface area contributed by atoms with E-state index in [1.165, 1.54) is 17.7 Å². The van der Waals surface area contributed by atoms with Gasteiger partial charge in [-0.15, -0.1) is 0 Å². The van der Waals surface area contributed by atoms with Gasteiger partial charge in [-0.2, -0.15) is 11.8 Å². The van der Waals surface area contributed by atoms with Crippen molar-refractivity contribution in [3.63, 3.8) is 0 Å². The molecule has 0 aliphatic carbocycles. The van der Waals surface area contributed by atoms with Crippen LogP contribution in [0.2, 0.25) is 0 Å². The zero-order valence-electron chi connectivity index (χ0n) is 10.7. The number of fused-ring (bicyclic) bond motifs is 1. The minimum atomic E-state index is 0.314. The van der Waals surface area contributed by atoms with Gasteiger partial charge in [0.1, 0.15) is 0 Å². The molecule has 0 amide bonds. The largest absolute Gasteiger partial charge is 0.454 e. The third-order valence-electron chi connectivity index (χ3n) is 2.90. The molecule has 1 aliphatic heterocycles. The fraction of sp³-hybridized carbons (Fsp3) is 0.538. The molecule has 1 aromatic rings. The smallest absolute Gasteiger partial charge is 0.231 e. The summed E-state index contributed by atoms with van der Waals surface area (Å²) in [6, 6.07) is 4.66. The van der Waals surface area contributed by atoms with Crippen LogP contribution in [0.25, 0.3) is 0 Å². The molecule has 1 aliphatic rings. The molecule has 1 unspecified atom stereocenters. The van der Waals surface area contributed by atoms with Gasteiger partial charge in [0, 0.05) is 12.6 Å². The van der Waals surface area contributed by atoms with E-state index in [9.17, 15) is 0 Å². The molecule has 0 saturated carbocycles. The van der Waals surface area contributed by atoms with E-state index in [1.807, 2.05) is 17.8 Å². The molecular weight excluding hydrogens is 314 g/mol. The Morgan fingerprint density at radius 1 is 1.44 bits per heavy atom. The number of rotatable bonds is 6. The van der Waals surface area contributed by atoms with E-state index in [4.69, 9.17) is 9.47 Å². The van der Waals surface area contributed by atoms with Crippen LogP contribution < -0.4 is 14.8 Å². The molecule has 0 saturated heterocycles. The van der Waals surface area contributed by atoms with Gasteiger partial charge in [-0.25, -0.2) is 0 Å². The predicted octanol–water partition coefficient (Wildman–Crippen LogP) is 3.41. The van der Waals surface area contributed by atoms with Gasteiger partial charge >= 0.3 is 0 Å². The molecule has 0 radical (unpaired) electrons. The summed E-state index contributed by atoms with van der Waals surface area (Å²) < 4.78 is 11.7. The molecule has 0 bridgehead atoms. The van der Waals surface area contributed by atoms with Crippen molar-refractivity contribution in [2.45, 2.75) is 25.9 Å². The van der Waals surface area contributed by atoms with Crippen LogP contribution in [0.1, 0.15) is 18.9 Å². The second kappa shape index (κ2) is 6.68. The first-order chi connectivity index (χ1) is 8.70. The summed E-state index contributed by atoms with van der Waals surface area (Å²) in [5, 5.41) is 3.52. The molecule has 0 spiro atoms. The lowest BCUT2D eigenvalue weighted by Gasteiger charge is -2.13. The van der Waals surface area contributed by atoms with Gasteiger partial charge in [-0.05, 0) is 59.0 Å². The predicted molar refractivity (Wildman–Crippen MR) is 79.6 cm³/mol. The number of halogens is 1. The van der Waals surface area contributed by atoms with Crippen LogP contribution in [-0.2, 0) is 6.54 Å². The van der Waals surface area contributed by atoms with Gasteiger partial charge in [0.05, 0.1) is 4.47 Å². The zero-order chi connectivity index (χ0) is 13.0. The lowest BCUT2D eigenvalue weighted by Crippen LogP contribution is -2.25. The topological polar surface area (TPSA) is 30.5 Å². The first-order valence-electron chi connectivity index (χ1n) is 6.01. The third kappa shape index (κ3) is 3.56. The molecule has 1 atom stereocenters. The van der Waals surface area contributed by atoms with Crippen molar-refractivity contribution in [2.24, 2.45) is 0 Å². The lowest BCUT2D eigenvalue weighted by molar-refractivity contribution is 0.173. The number of nitrogens with one attached hydrogen (secondary N) is 1. The summed E-state index contributed by atoms with van der Waals surface area (Å²) in [5.41, 5.74) is 1.21. The number of benzene rings is 1. The summed E-state index contributed by atoms with van der Waals surface area (Å²) in [6.45, 7) is 3.39. The van der Waals surface area contributed by atoms with Crippen molar-refractivity contribution in [3.8, 4) is 11.5 Å². The lowest BCUT2D eigenvalue weighted by atomic mass is 10.2. The molecule has 0 aromatic heterocycles. The number of hydrogen-bond donors (Lipinski definition) is 1. The molecule has 1 aromatic carbocycles. The Morgan fingerprint density at radius 3 is 3.06 bits per heavy atom. The molecule has 5 heteroatoms. The summed E-state index contributed by atoms with van der Waals surface area (Å²) in [6.07, 6.45) is 3.33. The Balaban J connectivity index is 1.92. The fourth-order valence-electron chi connectivity index (χ4n) is 1.81. The van der Waals surface area contributed by atoms with E-state index in [-0.39, 0.29) is 0 Å². The van der Waals surface area contributed by atoms with Gasteiger partial charge in [-0.3, -0.25) is 0 Å². The Kier molecular flexibility index (Phi) is 5.21. The second-order valence-electron chi connectivity index (χ2n) is 4.37. The maximum absolute atomic E-state index is 5.41. The number of ether oxygens (including phenoxy) is 2. The zero-order valence-corrected chi connectivity index (χ0v) is 13.1. The molecular formula is C13H18BrNO2S. The summed E-state index contributed by atoms with van der Waals surface area (Å²) in [7, 11) is 0. The first-order valence-corrected chi connectivity index (χ1v) is 8.19. The molecule has 1 N–H and O–H groups in total. The summed E-state index contributed by atoms with van der Waals surface area (Å²) >= 11 is 5.40. The average Bonchev–Trinajstić information content (AvgIpc) is 2.82. The highest BCUT2D eigenvalue weighted by Crippen LogP contribution is 2.39. The van der Waals surface area contributed by atoms with Crippen molar-refractivity contribution in [1.29, 1.82) is 0 Å². The molecule has 2 rings (SSSR count). The van der Waals surface area contributed by atoms with E-state index in [2.05, 4.69) is 40.5 Å². The van der Waals surface area contributed by atoms with Gasteiger partial charge in [0.25, 0.3) is 0 Å². The molecule has 0 fully saturated rings.